The number of hydrogen-bond donors (Lipinski definition) is 2. The monoisotopic (exact) mass is 514 g/mol. The molecular formula is C32H32F2N2O2. The number of benzene rings is 4. The Balaban J connectivity index is 1.56. The number of ether oxygens (including phenoxy) is 1. The molecule has 0 bridgehead atoms. The van der Waals surface area contributed by atoms with E-state index in [0.29, 0.717) is 18.5 Å². The van der Waals surface area contributed by atoms with Gasteiger partial charge in [0.15, 0.2) is 0 Å². The van der Waals surface area contributed by atoms with Crippen molar-refractivity contribution in [3.63, 3.8) is 0 Å². The van der Waals surface area contributed by atoms with Gasteiger partial charge in [-0.25, -0.2) is 8.78 Å². The first-order valence-electron chi connectivity index (χ1n) is 12.8. The molecule has 0 aliphatic carbocycles. The first kappa shape index (κ1) is 26.0. The molecule has 0 amide bonds. The van der Waals surface area contributed by atoms with Crippen LogP contribution in [0.5, 0.6) is 5.75 Å². The van der Waals surface area contributed by atoms with Gasteiger partial charge in [-0.15, -0.1) is 0 Å². The quantitative estimate of drug-likeness (QED) is 0.330. The number of methoxy groups -OCH3 is 1. The molecule has 0 saturated carbocycles. The number of nitrogens with two attached hydrogens (primary N) is 1. The van der Waals surface area contributed by atoms with Crippen molar-refractivity contribution in [1.82, 2.24) is 4.90 Å². The van der Waals surface area contributed by atoms with E-state index < -0.39 is 23.8 Å². The molecule has 0 saturated heterocycles. The van der Waals surface area contributed by atoms with E-state index in [1.54, 1.807) is 7.11 Å². The molecule has 196 valence electrons. The number of hydrogen-bond acceptors (Lipinski definition) is 4. The minimum absolute atomic E-state index is 0.145. The lowest BCUT2D eigenvalue weighted by Crippen LogP contribution is -2.55. The van der Waals surface area contributed by atoms with Gasteiger partial charge in [0.2, 0.25) is 0 Å². The van der Waals surface area contributed by atoms with Gasteiger partial charge in [-0.05, 0) is 53.3 Å². The topological polar surface area (TPSA) is 58.7 Å². The summed E-state index contributed by atoms with van der Waals surface area (Å²) in [6, 6.07) is 28.5. The maximum atomic E-state index is 13.9. The van der Waals surface area contributed by atoms with E-state index in [1.165, 1.54) is 12.1 Å². The van der Waals surface area contributed by atoms with Crippen molar-refractivity contribution in [3.05, 3.63) is 137 Å². The fraction of sp³-hybridized carbons (Fsp3) is 0.250. The van der Waals surface area contributed by atoms with Crippen molar-refractivity contribution in [2.75, 3.05) is 7.11 Å². The number of aliphatic hydroxyl groups excluding tert-OH is 1. The second-order valence-electron chi connectivity index (χ2n) is 9.90. The molecule has 5 rings (SSSR count). The highest BCUT2D eigenvalue weighted by Crippen LogP contribution is 2.40. The maximum absolute atomic E-state index is 13.9. The minimum atomic E-state index is -0.962. The summed E-state index contributed by atoms with van der Waals surface area (Å²) in [7, 11) is 1.67. The van der Waals surface area contributed by atoms with Crippen LogP contribution >= 0.6 is 0 Å². The second kappa shape index (κ2) is 11.4. The molecule has 3 N–H and O–H groups in total. The molecule has 1 aliphatic heterocycles. The standard InChI is InChI=1S/C32H32F2N2O2/c1-38-30-14-8-13-24-18-29(32(37)28(35)17-21-15-25(33)19-26(34)16-21)36(20-27(24)30)31(22-9-4-2-5-10-22)23-11-6-3-7-12-23/h2-16,19,28-29,31-32,37H,17-18,20,35H2,1H3/t28-,29+,32-/m0/s1. The van der Waals surface area contributed by atoms with Crippen LogP contribution in [0.4, 0.5) is 8.78 Å². The highest BCUT2D eigenvalue weighted by molar-refractivity contribution is 5.44. The summed E-state index contributed by atoms with van der Waals surface area (Å²) < 4.78 is 33.4. The molecule has 0 spiro atoms. The predicted octanol–water partition coefficient (Wildman–Crippen LogP) is 5.42. The van der Waals surface area contributed by atoms with E-state index in [-0.39, 0.29) is 18.5 Å². The van der Waals surface area contributed by atoms with Gasteiger partial charge < -0.3 is 15.6 Å². The zero-order valence-electron chi connectivity index (χ0n) is 21.3. The molecule has 0 unspecified atom stereocenters. The van der Waals surface area contributed by atoms with Crippen LogP contribution in [0.1, 0.15) is 33.9 Å². The molecule has 4 aromatic carbocycles. The second-order valence-corrected chi connectivity index (χ2v) is 9.90. The molecule has 4 aromatic rings. The van der Waals surface area contributed by atoms with E-state index in [0.717, 1.165) is 34.1 Å². The third kappa shape index (κ3) is 5.48. The summed E-state index contributed by atoms with van der Waals surface area (Å²) in [5, 5.41) is 11.7. The largest absolute Gasteiger partial charge is 0.496 e. The summed E-state index contributed by atoms with van der Waals surface area (Å²) in [4.78, 5) is 2.28. The fourth-order valence-electron chi connectivity index (χ4n) is 5.67. The van der Waals surface area contributed by atoms with Crippen LogP contribution in [0.15, 0.2) is 97.1 Å². The lowest BCUT2D eigenvalue weighted by atomic mass is 9.83. The smallest absolute Gasteiger partial charge is 0.126 e. The Morgan fingerprint density at radius 1 is 0.895 bits per heavy atom. The van der Waals surface area contributed by atoms with Gasteiger partial charge in [-0.2, -0.15) is 0 Å². The summed E-state index contributed by atoms with van der Waals surface area (Å²) >= 11 is 0. The van der Waals surface area contributed by atoms with Crippen molar-refractivity contribution >= 4 is 0 Å². The summed E-state index contributed by atoms with van der Waals surface area (Å²) in [6.07, 6.45) is -0.266. The Morgan fingerprint density at radius 2 is 1.50 bits per heavy atom. The molecule has 0 fully saturated rings. The van der Waals surface area contributed by atoms with Crippen LogP contribution in [-0.2, 0) is 19.4 Å². The third-order valence-corrected chi connectivity index (χ3v) is 7.43. The Morgan fingerprint density at radius 3 is 2.08 bits per heavy atom. The van der Waals surface area contributed by atoms with Crippen LogP contribution in [0.25, 0.3) is 0 Å². The molecule has 0 radical (unpaired) electrons. The normalized spacial score (nSPS) is 17.2. The number of fused-ring (bicyclic) bond motifs is 1. The van der Waals surface area contributed by atoms with Crippen LogP contribution < -0.4 is 10.5 Å². The van der Waals surface area contributed by atoms with Crippen LogP contribution in [0.3, 0.4) is 0 Å². The Kier molecular flexibility index (Phi) is 7.84. The molecular weight excluding hydrogens is 482 g/mol. The van der Waals surface area contributed by atoms with Gasteiger partial charge in [-0.3, -0.25) is 4.90 Å². The van der Waals surface area contributed by atoms with E-state index in [2.05, 4.69) is 35.2 Å². The van der Waals surface area contributed by atoms with Crippen LogP contribution in [-0.4, -0.2) is 35.3 Å². The van der Waals surface area contributed by atoms with Crippen molar-refractivity contribution in [3.8, 4) is 5.75 Å². The molecule has 4 nitrogen and oxygen atoms in total. The average molecular weight is 515 g/mol. The number of rotatable bonds is 8. The zero-order chi connectivity index (χ0) is 26.6. The molecule has 6 heteroatoms. The number of halogens is 2. The van der Waals surface area contributed by atoms with E-state index in [4.69, 9.17) is 10.5 Å². The lowest BCUT2D eigenvalue weighted by molar-refractivity contribution is 0.00549. The van der Waals surface area contributed by atoms with Crippen molar-refractivity contribution in [2.45, 2.75) is 43.6 Å². The minimum Gasteiger partial charge on any atom is -0.496 e. The van der Waals surface area contributed by atoms with Gasteiger partial charge in [0.05, 0.1) is 19.3 Å². The van der Waals surface area contributed by atoms with Crippen LogP contribution in [0.2, 0.25) is 0 Å². The van der Waals surface area contributed by atoms with Gasteiger partial charge in [0.25, 0.3) is 0 Å². The Labute approximate surface area is 222 Å². The van der Waals surface area contributed by atoms with Crippen molar-refractivity contribution in [2.24, 2.45) is 5.73 Å². The molecule has 0 aromatic heterocycles. The van der Waals surface area contributed by atoms with E-state index >= 15 is 0 Å². The average Bonchev–Trinajstić information content (AvgIpc) is 2.92. The first-order chi connectivity index (χ1) is 18.4. The highest BCUT2D eigenvalue weighted by atomic mass is 19.1. The highest BCUT2D eigenvalue weighted by Gasteiger charge is 2.39. The molecule has 1 aliphatic rings. The van der Waals surface area contributed by atoms with Gasteiger partial charge in [-0.1, -0.05) is 72.8 Å². The lowest BCUT2D eigenvalue weighted by Gasteiger charge is -2.45. The predicted molar refractivity (Wildman–Crippen MR) is 145 cm³/mol. The van der Waals surface area contributed by atoms with Crippen LogP contribution in [0, 0.1) is 11.6 Å². The van der Waals surface area contributed by atoms with Gasteiger partial charge in [0.1, 0.15) is 17.4 Å². The molecule has 1 heterocycles. The van der Waals surface area contributed by atoms with E-state index in [1.807, 2.05) is 48.5 Å². The zero-order valence-corrected chi connectivity index (χ0v) is 21.3. The first-order valence-corrected chi connectivity index (χ1v) is 12.8. The molecule has 38 heavy (non-hydrogen) atoms. The SMILES string of the molecule is COc1cccc2c1CN(C(c1ccccc1)c1ccccc1)[C@@H]([C@@H](O)[C@@H](N)Cc1cc(F)cc(F)c1)C2. The Hall–Kier alpha value is -3.58. The van der Waals surface area contributed by atoms with Gasteiger partial charge in [0, 0.05) is 30.3 Å². The van der Waals surface area contributed by atoms with E-state index in [9.17, 15) is 13.9 Å². The maximum Gasteiger partial charge on any atom is 0.126 e. The number of aliphatic hydroxyl groups is 1. The van der Waals surface area contributed by atoms with Crippen molar-refractivity contribution < 1.29 is 18.6 Å². The summed E-state index contributed by atoms with van der Waals surface area (Å²) in [5.41, 5.74) is 11.3. The summed E-state index contributed by atoms with van der Waals surface area (Å²) in [6.45, 7) is 0.539. The van der Waals surface area contributed by atoms with Crippen molar-refractivity contribution in [1.29, 1.82) is 0 Å². The molecule has 3 atom stereocenters. The Bertz CT molecular complexity index is 1310. The summed E-state index contributed by atoms with van der Waals surface area (Å²) in [5.74, 6) is -0.509. The fourth-order valence-corrected chi connectivity index (χ4v) is 5.67. The number of nitrogens with zero attached hydrogens (tertiary/aromatic N) is 1. The van der Waals surface area contributed by atoms with Gasteiger partial charge >= 0.3 is 0 Å². The third-order valence-electron chi connectivity index (χ3n) is 7.43.